The van der Waals surface area contributed by atoms with Gasteiger partial charge in [0.05, 0.1) is 13.2 Å². The van der Waals surface area contributed by atoms with E-state index in [2.05, 4.69) is 16.7 Å². The van der Waals surface area contributed by atoms with E-state index in [-0.39, 0.29) is 0 Å². The fourth-order valence-electron chi connectivity index (χ4n) is 3.05. The molecule has 0 N–H and O–H groups in total. The van der Waals surface area contributed by atoms with E-state index < -0.39 is 0 Å². The third-order valence-corrected chi connectivity index (χ3v) is 4.37. The number of piperazine rings is 1. The maximum Gasteiger partial charge on any atom is 0.119 e. The Morgan fingerprint density at radius 3 is 2.64 bits per heavy atom. The van der Waals surface area contributed by atoms with Crippen molar-refractivity contribution in [2.24, 2.45) is 0 Å². The highest BCUT2D eigenvalue weighted by Crippen LogP contribution is 2.13. The summed E-state index contributed by atoms with van der Waals surface area (Å²) in [6.07, 6.45) is 2.30. The number of methoxy groups -OCH3 is 1. The lowest BCUT2D eigenvalue weighted by atomic mass is 10.1. The molecular formula is C18H30N2O2. The second kappa shape index (κ2) is 9.82. The first-order valence-electron chi connectivity index (χ1n) is 8.46. The number of rotatable bonds is 9. The van der Waals surface area contributed by atoms with Gasteiger partial charge in [-0.1, -0.05) is 25.1 Å². The topological polar surface area (TPSA) is 24.9 Å². The lowest BCUT2D eigenvalue weighted by Crippen LogP contribution is -2.53. The van der Waals surface area contributed by atoms with Gasteiger partial charge in [0.15, 0.2) is 0 Å². The van der Waals surface area contributed by atoms with Crippen molar-refractivity contribution in [1.82, 2.24) is 9.80 Å². The van der Waals surface area contributed by atoms with Crippen LogP contribution in [0.25, 0.3) is 0 Å². The van der Waals surface area contributed by atoms with E-state index in [4.69, 9.17) is 9.47 Å². The zero-order chi connectivity index (χ0) is 15.6. The normalized spacial score (nSPS) is 20.2. The van der Waals surface area contributed by atoms with Crippen LogP contribution >= 0.6 is 0 Å². The average Bonchev–Trinajstić information content (AvgIpc) is 2.58. The van der Waals surface area contributed by atoms with Gasteiger partial charge in [-0.2, -0.15) is 0 Å². The molecular weight excluding hydrogens is 276 g/mol. The molecule has 1 aromatic rings. The summed E-state index contributed by atoms with van der Waals surface area (Å²) in [5.74, 6) is 0.971. The van der Waals surface area contributed by atoms with Crippen LogP contribution in [-0.4, -0.2) is 68.9 Å². The summed E-state index contributed by atoms with van der Waals surface area (Å²) in [6, 6.07) is 10.7. The van der Waals surface area contributed by atoms with Crippen LogP contribution in [0.4, 0.5) is 0 Å². The van der Waals surface area contributed by atoms with Gasteiger partial charge in [-0.3, -0.25) is 4.90 Å². The Labute approximate surface area is 135 Å². The smallest absolute Gasteiger partial charge is 0.119 e. The van der Waals surface area contributed by atoms with Gasteiger partial charge in [-0.05, 0) is 25.0 Å². The summed E-state index contributed by atoms with van der Waals surface area (Å²) in [5.41, 5.74) is 0. The van der Waals surface area contributed by atoms with E-state index in [0.717, 1.165) is 51.6 Å². The van der Waals surface area contributed by atoms with Crippen LogP contribution < -0.4 is 4.74 Å². The monoisotopic (exact) mass is 306 g/mol. The number of nitrogens with zero attached hydrogens (tertiary/aromatic N) is 2. The van der Waals surface area contributed by atoms with Gasteiger partial charge in [-0.25, -0.2) is 0 Å². The number of hydrogen-bond acceptors (Lipinski definition) is 4. The van der Waals surface area contributed by atoms with E-state index >= 15 is 0 Å². The first kappa shape index (κ1) is 17.3. The minimum absolute atomic E-state index is 0.666. The van der Waals surface area contributed by atoms with Gasteiger partial charge < -0.3 is 14.4 Å². The summed E-state index contributed by atoms with van der Waals surface area (Å²) in [6.45, 7) is 9.58. The Morgan fingerprint density at radius 2 is 1.91 bits per heavy atom. The average molecular weight is 306 g/mol. The molecule has 1 saturated heterocycles. The highest BCUT2D eigenvalue weighted by Gasteiger charge is 2.24. The SMILES string of the molecule is CC[C@H]1CN(CCCOc2ccccc2)CCN1CCOC. The van der Waals surface area contributed by atoms with Crippen LogP contribution in [0.15, 0.2) is 30.3 Å². The Hall–Kier alpha value is -1.10. The molecule has 1 aliphatic heterocycles. The van der Waals surface area contributed by atoms with Crippen molar-refractivity contribution < 1.29 is 9.47 Å². The first-order chi connectivity index (χ1) is 10.8. The van der Waals surface area contributed by atoms with Crippen molar-refractivity contribution >= 4 is 0 Å². The summed E-state index contributed by atoms with van der Waals surface area (Å²) >= 11 is 0. The molecule has 1 heterocycles. The van der Waals surface area contributed by atoms with Crippen molar-refractivity contribution in [2.45, 2.75) is 25.8 Å². The van der Waals surface area contributed by atoms with Crippen LogP contribution in [0.3, 0.4) is 0 Å². The molecule has 1 aliphatic rings. The van der Waals surface area contributed by atoms with Crippen LogP contribution in [0.1, 0.15) is 19.8 Å². The minimum Gasteiger partial charge on any atom is -0.494 e. The van der Waals surface area contributed by atoms with Gasteiger partial charge in [0.1, 0.15) is 5.75 Å². The molecule has 0 aromatic heterocycles. The molecule has 4 nitrogen and oxygen atoms in total. The molecule has 124 valence electrons. The van der Waals surface area contributed by atoms with E-state index in [1.54, 1.807) is 7.11 Å². The summed E-state index contributed by atoms with van der Waals surface area (Å²) in [5, 5.41) is 0. The van der Waals surface area contributed by atoms with Gasteiger partial charge in [0.25, 0.3) is 0 Å². The number of ether oxygens (including phenoxy) is 2. The zero-order valence-electron chi connectivity index (χ0n) is 14.0. The third-order valence-electron chi connectivity index (χ3n) is 4.37. The molecule has 0 bridgehead atoms. The molecule has 0 spiro atoms. The molecule has 0 amide bonds. The molecule has 1 atom stereocenters. The molecule has 0 unspecified atom stereocenters. The van der Waals surface area contributed by atoms with Crippen LogP contribution in [0.2, 0.25) is 0 Å². The number of benzene rings is 1. The van der Waals surface area contributed by atoms with Crippen molar-refractivity contribution in [3.63, 3.8) is 0 Å². The van der Waals surface area contributed by atoms with Gasteiger partial charge in [0.2, 0.25) is 0 Å². The third kappa shape index (κ3) is 5.59. The van der Waals surface area contributed by atoms with E-state index in [9.17, 15) is 0 Å². The lowest BCUT2D eigenvalue weighted by molar-refractivity contribution is 0.0478. The maximum absolute atomic E-state index is 5.77. The fraction of sp³-hybridized carbons (Fsp3) is 0.667. The standard InChI is InChI=1S/C18H30N2O2/c1-3-17-16-19(11-12-20(17)13-15-21-2)10-7-14-22-18-8-5-4-6-9-18/h4-6,8-9,17H,3,7,10-16H2,1-2H3/t17-/m0/s1. The van der Waals surface area contributed by atoms with E-state index in [1.165, 1.54) is 13.0 Å². The van der Waals surface area contributed by atoms with E-state index in [0.29, 0.717) is 6.04 Å². The summed E-state index contributed by atoms with van der Waals surface area (Å²) in [4.78, 5) is 5.15. The predicted octanol–water partition coefficient (Wildman–Crippen LogP) is 2.50. The van der Waals surface area contributed by atoms with Crippen LogP contribution in [0.5, 0.6) is 5.75 Å². The quantitative estimate of drug-likeness (QED) is 0.655. The van der Waals surface area contributed by atoms with Crippen molar-refractivity contribution in [2.75, 3.05) is 53.0 Å². The molecule has 2 rings (SSSR count). The maximum atomic E-state index is 5.77. The zero-order valence-corrected chi connectivity index (χ0v) is 14.0. The second-order valence-corrected chi connectivity index (χ2v) is 5.91. The number of para-hydroxylation sites is 1. The fourth-order valence-corrected chi connectivity index (χ4v) is 3.05. The van der Waals surface area contributed by atoms with Crippen molar-refractivity contribution in [3.8, 4) is 5.75 Å². The Bertz CT molecular complexity index is 399. The molecule has 22 heavy (non-hydrogen) atoms. The van der Waals surface area contributed by atoms with Gasteiger partial charge in [-0.15, -0.1) is 0 Å². The van der Waals surface area contributed by atoms with Crippen molar-refractivity contribution in [3.05, 3.63) is 30.3 Å². The highest BCUT2D eigenvalue weighted by atomic mass is 16.5. The van der Waals surface area contributed by atoms with Crippen molar-refractivity contribution in [1.29, 1.82) is 0 Å². The van der Waals surface area contributed by atoms with Crippen LogP contribution in [0, 0.1) is 0 Å². The molecule has 0 saturated carbocycles. The predicted molar refractivity (Wildman–Crippen MR) is 90.5 cm³/mol. The Morgan fingerprint density at radius 1 is 1.09 bits per heavy atom. The minimum atomic E-state index is 0.666. The second-order valence-electron chi connectivity index (χ2n) is 5.91. The first-order valence-corrected chi connectivity index (χ1v) is 8.46. The van der Waals surface area contributed by atoms with Gasteiger partial charge in [0, 0.05) is 45.9 Å². The Kier molecular flexibility index (Phi) is 7.71. The summed E-state index contributed by atoms with van der Waals surface area (Å²) < 4.78 is 11.0. The van der Waals surface area contributed by atoms with Crippen LogP contribution in [-0.2, 0) is 4.74 Å². The molecule has 0 aliphatic carbocycles. The molecule has 1 aromatic carbocycles. The highest BCUT2D eigenvalue weighted by molar-refractivity contribution is 5.20. The van der Waals surface area contributed by atoms with Gasteiger partial charge >= 0.3 is 0 Å². The largest absolute Gasteiger partial charge is 0.494 e. The van der Waals surface area contributed by atoms with E-state index in [1.807, 2.05) is 30.3 Å². The Balaban J connectivity index is 1.64. The lowest BCUT2D eigenvalue weighted by Gasteiger charge is -2.41. The molecule has 4 heteroatoms. The number of hydrogen-bond donors (Lipinski definition) is 0. The molecule has 0 radical (unpaired) electrons. The summed E-state index contributed by atoms with van der Waals surface area (Å²) in [7, 11) is 1.78. The molecule has 1 fully saturated rings.